The van der Waals surface area contributed by atoms with E-state index in [1.54, 1.807) is 18.2 Å². The van der Waals surface area contributed by atoms with E-state index in [1.165, 1.54) is 34.6 Å². The van der Waals surface area contributed by atoms with E-state index in [2.05, 4.69) is 37.0 Å². The molecule has 3 aromatic rings. The maximum atomic E-state index is 12.8. The Labute approximate surface area is 156 Å². The summed E-state index contributed by atoms with van der Waals surface area (Å²) < 4.78 is 6.13. The van der Waals surface area contributed by atoms with Crippen LogP contribution in [0.2, 0.25) is 0 Å². The molecule has 0 amide bonds. The number of rotatable bonds is 5. The minimum Gasteiger partial charge on any atom is -0.468 e. The lowest BCUT2D eigenvalue weighted by molar-refractivity contribution is -0.141. The van der Waals surface area contributed by atoms with Crippen molar-refractivity contribution < 1.29 is 9.53 Å². The highest BCUT2D eigenvalue weighted by atomic mass is 32.2. The van der Waals surface area contributed by atoms with Crippen LogP contribution in [0.4, 0.5) is 0 Å². The predicted octanol–water partition coefficient (Wildman–Crippen LogP) is 3.48. The average molecular weight is 368 g/mol. The number of carbonyl (C=O) groups excluding carboxylic acids is 1. The van der Waals surface area contributed by atoms with Gasteiger partial charge in [-0.2, -0.15) is 0 Å². The number of fused-ring (bicyclic) bond motifs is 1. The van der Waals surface area contributed by atoms with Crippen molar-refractivity contribution in [3.63, 3.8) is 0 Å². The van der Waals surface area contributed by atoms with Gasteiger partial charge >= 0.3 is 5.97 Å². The number of ether oxygens (including phenoxy) is 1. The molecule has 0 bridgehead atoms. The van der Waals surface area contributed by atoms with Crippen molar-refractivity contribution in [1.29, 1.82) is 0 Å². The first kappa shape index (κ1) is 18.2. The second-order valence-corrected chi connectivity index (χ2v) is 7.11. The Morgan fingerprint density at radius 3 is 2.54 bits per heavy atom. The quantitative estimate of drug-likeness (QED) is 0.392. The summed E-state index contributed by atoms with van der Waals surface area (Å²) >= 11 is 1.44. The van der Waals surface area contributed by atoms with Crippen molar-refractivity contribution in [3.8, 4) is 0 Å². The van der Waals surface area contributed by atoms with E-state index in [-0.39, 0.29) is 12.1 Å². The van der Waals surface area contributed by atoms with Gasteiger partial charge in [-0.3, -0.25) is 14.2 Å². The van der Waals surface area contributed by atoms with Gasteiger partial charge in [0, 0.05) is 5.75 Å². The molecule has 0 fully saturated rings. The van der Waals surface area contributed by atoms with E-state index in [4.69, 9.17) is 4.74 Å². The van der Waals surface area contributed by atoms with Crippen LogP contribution in [0.5, 0.6) is 0 Å². The van der Waals surface area contributed by atoms with Crippen molar-refractivity contribution >= 4 is 28.6 Å². The first-order valence-electron chi connectivity index (χ1n) is 8.24. The third-order valence-corrected chi connectivity index (χ3v) is 5.04. The zero-order valence-corrected chi connectivity index (χ0v) is 15.8. The summed E-state index contributed by atoms with van der Waals surface area (Å²) in [5.41, 5.74) is 3.93. The number of aromatic nitrogens is 2. The van der Waals surface area contributed by atoms with Crippen LogP contribution in [0.1, 0.15) is 16.7 Å². The number of hydrogen-bond acceptors (Lipinski definition) is 5. The number of aryl methyl sites for hydroxylation is 2. The molecule has 3 rings (SSSR count). The standard InChI is InChI=1S/C20H20N2O3S/c1-13-8-14(2)10-15(9-13)12-26-20-21-17-7-5-4-6-16(17)19(24)22(20)11-18(23)25-3/h4-10H,11-12H2,1-3H3. The van der Waals surface area contributed by atoms with Crippen molar-refractivity contribution in [2.75, 3.05) is 7.11 Å². The lowest BCUT2D eigenvalue weighted by Crippen LogP contribution is -2.27. The second-order valence-electron chi connectivity index (χ2n) is 6.16. The Balaban J connectivity index is 2.00. The molecule has 0 aliphatic rings. The van der Waals surface area contributed by atoms with Crippen LogP contribution in [0.25, 0.3) is 10.9 Å². The van der Waals surface area contributed by atoms with Crippen LogP contribution in [0.3, 0.4) is 0 Å². The number of thioether (sulfide) groups is 1. The minimum absolute atomic E-state index is 0.150. The predicted molar refractivity (Wildman–Crippen MR) is 103 cm³/mol. The van der Waals surface area contributed by atoms with Gasteiger partial charge in [0.1, 0.15) is 6.54 Å². The molecule has 0 saturated carbocycles. The lowest BCUT2D eigenvalue weighted by Gasteiger charge is -2.12. The molecule has 1 heterocycles. The second kappa shape index (κ2) is 7.74. The summed E-state index contributed by atoms with van der Waals surface area (Å²) in [5, 5.41) is 1.01. The first-order valence-corrected chi connectivity index (χ1v) is 9.23. The smallest absolute Gasteiger partial charge is 0.325 e. The average Bonchev–Trinajstić information content (AvgIpc) is 2.61. The number of hydrogen-bond donors (Lipinski definition) is 0. The van der Waals surface area contributed by atoms with Gasteiger partial charge in [-0.05, 0) is 31.5 Å². The fourth-order valence-electron chi connectivity index (χ4n) is 2.89. The third kappa shape index (κ3) is 3.96. The molecule has 0 N–H and O–H groups in total. The highest BCUT2D eigenvalue weighted by molar-refractivity contribution is 7.98. The van der Waals surface area contributed by atoms with Crippen molar-refractivity contribution in [1.82, 2.24) is 9.55 Å². The Kier molecular flexibility index (Phi) is 5.42. The van der Waals surface area contributed by atoms with Gasteiger partial charge < -0.3 is 4.74 Å². The molecule has 26 heavy (non-hydrogen) atoms. The zero-order valence-electron chi connectivity index (χ0n) is 15.0. The molecule has 0 aliphatic heterocycles. The Hall–Kier alpha value is -2.60. The summed E-state index contributed by atoms with van der Waals surface area (Å²) in [6.45, 7) is 3.97. The zero-order chi connectivity index (χ0) is 18.7. The van der Waals surface area contributed by atoms with Crippen LogP contribution in [0.15, 0.2) is 52.4 Å². The molecule has 0 spiro atoms. The highest BCUT2D eigenvalue weighted by Crippen LogP contribution is 2.23. The fraction of sp³-hybridized carbons (Fsp3) is 0.250. The van der Waals surface area contributed by atoms with E-state index in [0.29, 0.717) is 21.8 Å². The summed E-state index contributed by atoms with van der Waals surface area (Å²) in [7, 11) is 1.31. The largest absolute Gasteiger partial charge is 0.468 e. The van der Waals surface area contributed by atoms with Gasteiger partial charge in [0.25, 0.3) is 5.56 Å². The number of carbonyl (C=O) groups is 1. The number of benzene rings is 2. The first-order chi connectivity index (χ1) is 12.5. The molecule has 2 aromatic carbocycles. The number of para-hydroxylation sites is 1. The molecule has 0 saturated heterocycles. The molecule has 0 unspecified atom stereocenters. The SMILES string of the molecule is COC(=O)Cn1c(SCc2cc(C)cc(C)c2)nc2ccccc2c1=O. The molecule has 134 valence electrons. The summed E-state index contributed by atoms with van der Waals surface area (Å²) in [5.74, 6) is 0.187. The van der Waals surface area contributed by atoms with Gasteiger partial charge in [-0.15, -0.1) is 0 Å². The monoisotopic (exact) mass is 368 g/mol. The topological polar surface area (TPSA) is 61.2 Å². The van der Waals surface area contributed by atoms with Crippen LogP contribution < -0.4 is 5.56 Å². The summed E-state index contributed by atoms with van der Waals surface area (Å²) in [6, 6.07) is 13.5. The Bertz CT molecular complexity index is 1010. The Morgan fingerprint density at radius 2 is 1.85 bits per heavy atom. The van der Waals surface area contributed by atoms with Crippen molar-refractivity contribution in [2.24, 2.45) is 0 Å². The Morgan fingerprint density at radius 1 is 1.15 bits per heavy atom. The lowest BCUT2D eigenvalue weighted by atomic mass is 10.1. The summed E-state index contributed by atoms with van der Waals surface area (Å²) in [4.78, 5) is 29.2. The molecule has 0 aliphatic carbocycles. The molecular formula is C20H20N2O3S. The summed E-state index contributed by atoms with van der Waals surface area (Å²) in [6.07, 6.45) is 0. The van der Waals surface area contributed by atoms with Gasteiger partial charge in [0.15, 0.2) is 5.16 Å². The molecule has 1 aromatic heterocycles. The van der Waals surface area contributed by atoms with Crippen molar-refractivity contribution in [3.05, 3.63) is 69.5 Å². The van der Waals surface area contributed by atoms with Gasteiger partial charge in [0.05, 0.1) is 18.0 Å². The number of nitrogens with zero attached hydrogens (tertiary/aromatic N) is 2. The van der Waals surface area contributed by atoms with Crippen LogP contribution in [0, 0.1) is 13.8 Å². The van der Waals surface area contributed by atoms with Gasteiger partial charge in [-0.25, -0.2) is 4.98 Å². The number of methoxy groups -OCH3 is 1. The van der Waals surface area contributed by atoms with E-state index in [0.717, 1.165) is 5.56 Å². The normalized spacial score (nSPS) is 10.9. The van der Waals surface area contributed by atoms with Crippen LogP contribution >= 0.6 is 11.8 Å². The van der Waals surface area contributed by atoms with Crippen LogP contribution in [-0.2, 0) is 21.8 Å². The number of esters is 1. The fourth-order valence-corrected chi connectivity index (χ4v) is 3.82. The van der Waals surface area contributed by atoms with Gasteiger partial charge in [0.2, 0.25) is 0 Å². The maximum absolute atomic E-state index is 12.8. The van der Waals surface area contributed by atoms with E-state index in [1.807, 2.05) is 6.07 Å². The van der Waals surface area contributed by atoms with Crippen LogP contribution in [-0.4, -0.2) is 22.6 Å². The minimum atomic E-state index is -0.475. The maximum Gasteiger partial charge on any atom is 0.325 e. The van der Waals surface area contributed by atoms with E-state index >= 15 is 0 Å². The third-order valence-electron chi connectivity index (χ3n) is 3.99. The molecule has 6 heteroatoms. The van der Waals surface area contributed by atoms with E-state index < -0.39 is 5.97 Å². The van der Waals surface area contributed by atoms with E-state index in [9.17, 15) is 9.59 Å². The van der Waals surface area contributed by atoms with Crippen molar-refractivity contribution in [2.45, 2.75) is 31.3 Å². The molecule has 5 nitrogen and oxygen atoms in total. The molecular weight excluding hydrogens is 348 g/mol. The molecule has 0 atom stereocenters. The van der Waals surface area contributed by atoms with Gasteiger partial charge in [-0.1, -0.05) is 53.2 Å². The highest BCUT2D eigenvalue weighted by Gasteiger charge is 2.15. The molecule has 0 radical (unpaired) electrons.